The van der Waals surface area contributed by atoms with Crippen molar-refractivity contribution in [3.63, 3.8) is 0 Å². The van der Waals surface area contributed by atoms with Crippen molar-refractivity contribution in [2.24, 2.45) is 22.6 Å². The van der Waals surface area contributed by atoms with Gasteiger partial charge in [-0.15, -0.1) is 0 Å². The molecular formula is C38H49F2N3O3S. The molecule has 0 amide bonds. The van der Waals surface area contributed by atoms with Crippen molar-refractivity contribution in [3.8, 4) is 11.5 Å². The first kappa shape index (κ1) is 35.3. The molecule has 0 radical (unpaired) electrons. The number of benzene rings is 3. The minimum absolute atomic E-state index is 0.219. The summed E-state index contributed by atoms with van der Waals surface area (Å²) in [5.74, 6) is -0.262. The monoisotopic (exact) mass is 665 g/mol. The summed E-state index contributed by atoms with van der Waals surface area (Å²) in [4.78, 5) is 16.9. The number of aliphatic imine (C=N–C) groups is 1. The van der Waals surface area contributed by atoms with Gasteiger partial charge in [0, 0.05) is 35.7 Å². The lowest BCUT2D eigenvalue weighted by Crippen LogP contribution is -2.44. The Morgan fingerprint density at radius 2 is 1.72 bits per heavy atom. The molecule has 0 saturated heterocycles. The van der Waals surface area contributed by atoms with Gasteiger partial charge in [-0.2, -0.15) is 8.78 Å². The van der Waals surface area contributed by atoms with Crippen LogP contribution in [0.25, 0.3) is 10.8 Å². The lowest BCUT2D eigenvalue weighted by Gasteiger charge is -2.43. The van der Waals surface area contributed by atoms with Crippen molar-refractivity contribution < 1.29 is 23.0 Å². The number of carbonyl (C=O) groups excluding carboxylic acids is 1. The highest BCUT2D eigenvalue weighted by Gasteiger charge is 2.44. The van der Waals surface area contributed by atoms with Crippen molar-refractivity contribution in [1.29, 1.82) is 0 Å². The van der Waals surface area contributed by atoms with E-state index in [9.17, 15) is 4.79 Å². The Labute approximate surface area is 282 Å². The van der Waals surface area contributed by atoms with Crippen LogP contribution in [0.5, 0.6) is 11.5 Å². The topological polar surface area (TPSA) is 77.1 Å². The number of fused-ring (bicyclic) bond motifs is 2. The minimum atomic E-state index is -3.37. The second kappa shape index (κ2) is 16.4. The predicted molar refractivity (Wildman–Crippen MR) is 188 cm³/mol. The van der Waals surface area contributed by atoms with Gasteiger partial charge in [-0.05, 0) is 142 Å². The predicted octanol–water partition coefficient (Wildman–Crippen LogP) is 8.84. The number of rotatable bonds is 12. The lowest BCUT2D eigenvalue weighted by atomic mass is 9.63. The van der Waals surface area contributed by atoms with Crippen LogP contribution < -0.4 is 15.2 Å². The zero-order valence-electron chi connectivity index (χ0n) is 27.9. The number of hydrogen-bond acceptors (Lipinski definition) is 7. The fourth-order valence-corrected chi connectivity index (χ4v) is 7.81. The summed E-state index contributed by atoms with van der Waals surface area (Å²) in [5.41, 5.74) is 7.08. The van der Waals surface area contributed by atoms with E-state index in [2.05, 4.69) is 11.9 Å². The summed E-state index contributed by atoms with van der Waals surface area (Å²) in [6.45, 7) is 2.60. The maximum Gasteiger partial charge on any atom is 0.296 e. The molecule has 3 aliphatic rings. The van der Waals surface area contributed by atoms with Gasteiger partial charge in [0.15, 0.2) is 0 Å². The number of nitrogens with two attached hydrogens (primary N) is 1. The normalized spacial score (nSPS) is 22.7. The zero-order valence-corrected chi connectivity index (χ0v) is 28.7. The first-order chi connectivity index (χ1) is 22.7. The van der Waals surface area contributed by atoms with E-state index in [1.54, 1.807) is 0 Å². The SMILES string of the molecule is CCCCOc1ccc(C(F)(F)C(C=O)N(C)Sc2ccc3cc(OC4CCCC4)ccc3c2)cc1.CN=C1CC(N)CC2CCC12. The number of likely N-dealkylation sites (N-methyl/N-ethyl adjacent to an activating group) is 1. The van der Waals surface area contributed by atoms with Gasteiger partial charge in [-0.1, -0.05) is 25.5 Å². The van der Waals surface area contributed by atoms with Crippen LogP contribution in [-0.4, -0.2) is 55.2 Å². The molecule has 6 nitrogen and oxygen atoms in total. The summed E-state index contributed by atoms with van der Waals surface area (Å²) < 4.78 is 43.6. The molecule has 6 rings (SSSR count). The molecule has 2 N–H and O–H groups in total. The molecule has 0 heterocycles. The van der Waals surface area contributed by atoms with Crippen molar-refractivity contribution in [1.82, 2.24) is 4.31 Å². The molecule has 254 valence electrons. The molecule has 3 saturated carbocycles. The third kappa shape index (κ3) is 8.92. The van der Waals surface area contributed by atoms with Crippen LogP contribution >= 0.6 is 11.9 Å². The molecule has 47 heavy (non-hydrogen) atoms. The average Bonchev–Trinajstić information content (AvgIpc) is 3.56. The smallest absolute Gasteiger partial charge is 0.296 e. The number of halogens is 2. The molecule has 9 heteroatoms. The van der Waals surface area contributed by atoms with Crippen LogP contribution in [0, 0.1) is 11.8 Å². The van der Waals surface area contributed by atoms with E-state index in [1.165, 1.54) is 73.4 Å². The molecule has 3 aromatic carbocycles. The Morgan fingerprint density at radius 1 is 1.02 bits per heavy atom. The summed E-state index contributed by atoms with van der Waals surface area (Å²) >= 11 is 1.13. The Balaban J connectivity index is 0.000000330. The highest BCUT2D eigenvalue weighted by molar-refractivity contribution is 7.97. The Hall–Kier alpha value is -3.01. The quantitative estimate of drug-likeness (QED) is 0.118. The van der Waals surface area contributed by atoms with E-state index in [0.717, 1.165) is 77.3 Å². The van der Waals surface area contributed by atoms with Gasteiger partial charge in [0.05, 0.1) is 12.7 Å². The van der Waals surface area contributed by atoms with Crippen molar-refractivity contribution >= 4 is 34.7 Å². The van der Waals surface area contributed by atoms with Gasteiger partial charge in [-0.25, -0.2) is 4.31 Å². The van der Waals surface area contributed by atoms with Crippen LogP contribution in [0.15, 0.2) is 70.6 Å². The maximum absolute atomic E-state index is 15.3. The van der Waals surface area contributed by atoms with Gasteiger partial charge < -0.3 is 20.0 Å². The molecule has 0 aliphatic heterocycles. The van der Waals surface area contributed by atoms with E-state index in [-0.39, 0.29) is 11.7 Å². The standard InChI is InChI=1S/C29H33F2NO3S.C9H16N2/c1-3-4-17-34-24-14-11-23(12-15-24)29(30,31)28(20-33)32(2)36-27-16-10-21-18-26(13-9-22(21)19-27)35-25-7-5-6-8-25;1-11-9-5-7(10)4-6-2-3-8(6)9/h9-16,18-20,25,28H,3-8,17H2,1-2H3;6-8H,2-5,10H2,1H3. The summed E-state index contributed by atoms with van der Waals surface area (Å²) in [6.07, 6.45) is 12.2. The third-order valence-corrected chi connectivity index (χ3v) is 10.7. The third-order valence-electron chi connectivity index (χ3n) is 9.74. The Morgan fingerprint density at radius 3 is 2.38 bits per heavy atom. The van der Waals surface area contributed by atoms with Gasteiger partial charge in [-0.3, -0.25) is 4.99 Å². The van der Waals surface area contributed by atoms with Crippen LogP contribution in [0.1, 0.15) is 76.7 Å². The maximum atomic E-state index is 15.3. The van der Waals surface area contributed by atoms with Gasteiger partial charge >= 0.3 is 0 Å². The van der Waals surface area contributed by atoms with Crippen LogP contribution in [0.2, 0.25) is 0 Å². The second-order valence-corrected chi connectivity index (χ2v) is 14.4. The highest BCUT2D eigenvalue weighted by atomic mass is 32.2. The summed E-state index contributed by atoms with van der Waals surface area (Å²) in [7, 11) is 3.42. The first-order valence-electron chi connectivity index (χ1n) is 17.1. The molecule has 0 aromatic heterocycles. The molecule has 0 spiro atoms. The number of nitrogens with zero attached hydrogens (tertiary/aromatic N) is 2. The fourth-order valence-electron chi connectivity index (χ4n) is 6.87. The van der Waals surface area contributed by atoms with Crippen LogP contribution in [0.3, 0.4) is 0 Å². The van der Waals surface area contributed by atoms with E-state index < -0.39 is 12.0 Å². The number of carbonyl (C=O) groups is 1. The van der Waals surface area contributed by atoms with Gasteiger partial charge in [0.2, 0.25) is 0 Å². The average molecular weight is 666 g/mol. The highest BCUT2D eigenvalue weighted by Crippen LogP contribution is 2.43. The molecule has 4 unspecified atom stereocenters. The molecule has 3 fully saturated rings. The lowest BCUT2D eigenvalue weighted by molar-refractivity contribution is -0.124. The summed E-state index contributed by atoms with van der Waals surface area (Å²) in [6, 6.07) is 16.2. The van der Waals surface area contributed by atoms with Gasteiger partial charge in [0.25, 0.3) is 5.92 Å². The van der Waals surface area contributed by atoms with Crippen molar-refractivity contribution in [2.45, 2.75) is 100 Å². The number of alkyl halides is 2. The number of unbranched alkanes of at least 4 members (excludes halogenated alkanes) is 1. The summed E-state index contributed by atoms with van der Waals surface area (Å²) in [5, 5.41) is 2.01. The Kier molecular flexibility index (Phi) is 12.3. The van der Waals surface area contributed by atoms with Crippen LogP contribution in [0.4, 0.5) is 8.78 Å². The number of hydrogen-bond donors (Lipinski definition) is 1. The number of aldehydes is 1. The van der Waals surface area contributed by atoms with E-state index in [1.807, 2.05) is 43.4 Å². The molecule has 3 aliphatic carbocycles. The largest absolute Gasteiger partial charge is 0.494 e. The van der Waals surface area contributed by atoms with Gasteiger partial charge in [0.1, 0.15) is 23.8 Å². The Bertz CT molecular complexity index is 1500. The minimum Gasteiger partial charge on any atom is -0.494 e. The molecule has 3 aromatic rings. The van der Waals surface area contributed by atoms with Crippen molar-refractivity contribution in [3.05, 3.63) is 66.2 Å². The molecule has 4 atom stereocenters. The molecular weight excluding hydrogens is 616 g/mol. The fraction of sp³-hybridized carbons (Fsp3) is 0.526. The van der Waals surface area contributed by atoms with E-state index in [0.29, 0.717) is 24.7 Å². The van der Waals surface area contributed by atoms with E-state index >= 15 is 8.78 Å². The second-order valence-electron chi connectivity index (χ2n) is 13.1. The van der Waals surface area contributed by atoms with E-state index in [4.69, 9.17) is 15.2 Å². The number of ether oxygens (including phenoxy) is 2. The zero-order chi connectivity index (χ0) is 33.4. The van der Waals surface area contributed by atoms with Crippen LogP contribution in [-0.2, 0) is 10.7 Å². The first-order valence-corrected chi connectivity index (χ1v) is 17.9. The molecule has 0 bridgehead atoms. The van der Waals surface area contributed by atoms with Crippen molar-refractivity contribution in [2.75, 3.05) is 20.7 Å².